The van der Waals surface area contributed by atoms with E-state index in [1.807, 2.05) is 39.0 Å². The quantitative estimate of drug-likeness (QED) is 0.587. The summed E-state index contributed by atoms with van der Waals surface area (Å²) >= 11 is 0. The summed E-state index contributed by atoms with van der Waals surface area (Å²) in [6.45, 7) is 8.78. The molecule has 0 spiro atoms. The van der Waals surface area contributed by atoms with Crippen LogP contribution in [0.25, 0.3) is 0 Å². The second-order valence-corrected chi connectivity index (χ2v) is 6.79. The van der Waals surface area contributed by atoms with E-state index in [0.29, 0.717) is 30.3 Å². The molecule has 156 valence electrons. The van der Waals surface area contributed by atoms with E-state index < -0.39 is 0 Å². The van der Waals surface area contributed by atoms with Gasteiger partial charge in [0, 0.05) is 11.3 Å². The summed E-state index contributed by atoms with van der Waals surface area (Å²) in [5, 5.41) is 5.51. The van der Waals surface area contributed by atoms with Crippen LogP contribution < -0.4 is 20.1 Å². The molecule has 2 aromatic rings. The molecular weight excluding hydrogens is 368 g/mol. The van der Waals surface area contributed by atoms with E-state index in [0.717, 1.165) is 29.7 Å². The molecule has 29 heavy (non-hydrogen) atoms. The van der Waals surface area contributed by atoms with E-state index in [4.69, 9.17) is 9.47 Å². The third kappa shape index (κ3) is 6.52. The van der Waals surface area contributed by atoms with Crippen LogP contribution >= 0.6 is 0 Å². The maximum atomic E-state index is 12.5. The zero-order chi connectivity index (χ0) is 21.2. The largest absolute Gasteiger partial charge is 0.490 e. The fourth-order valence-electron chi connectivity index (χ4n) is 2.82. The average molecular weight is 399 g/mol. The topological polar surface area (TPSA) is 76.7 Å². The molecule has 0 fully saturated rings. The average Bonchev–Trinajstić information content (AvgIpc) is 2.70. The molecule has 2 aromatic carbocycles. The van der Waals surface area contributed by atoms with Crippen LogP contribution in [0.1, 0.15) is 48.2 Å². The standard InChI is InChI=1S/C23H30N2O4/c1-5-7-13-29-19-12-11-18(14-20(19)28-6-2)23(27)24-15-21(26)25-22-16(3)9-8-10-17(22)4/h8-12,14H,5-7,13,15H2,1-4H3,(H,24,27)(H,25,26). The Morgan fingerprint density at radius 1 is 0.966 bits per heavy atom. The SMILES string of the molecule is CCCCOc1ccc(C(=O)NCC(=O)Nc2c(C)cccc2C)cc1OCC. The summed E-state index contributed by atoms with van der Waals surface area (Å²) in [4.78, 5) is 24.7. The number of rotatable bonds is 10. The van der Waals surface area contributed by atoms with Gasteiger partial charge in [0.15, 0.2) is 11.5 Å². The Labute approximate surface area is 172 Å². The normalized spacial score (nSPS) is 10.3. The lowest BCUT2D eigenvalue weighted by atomic mass is 10.1. The Morgan fingerprint density at radius 3 is 2.34 bits per heavy atom. The molecular formula is C23H30N2O4. The van der Waals surface area contributed by atoms with Gasteiger partial charge in [-0.2, -0.15) is 0 Å². The highest BCUT2D eigenvalue weighted by molar-refractivity contribution is 6.00. The Balaban J connectivity index is 1.98. The first-order valence-electron chi connectivity index (χ1n) is 10.00. The van der Waals surface area contributed by atoms with Crippen LogP contribution in [-0.4, -0.2) is 31.6 Å². The summed E-state index contributed by atoms with van der Waals surface area (Å²) in [6.07, 6.45) is 1.98. The van der Waals surface area contributed by atoms with Gasteiger partial charge in [-0.1, -0.05) is 31.5 Å². The van der Waals surface area contributed by atoms with E-state index >= 15 is 0 Å². The first-order chi connectivity index (χ1) is 14.0. The molecule has 0 radical (unpaired) electrons. The van der Waals surface area contributed by atoms with Gasteiger partial charge >= 0.3 is 0 Å². The van der Waals surface area contributed by atoms with Crippen molar-refractivity contribution in [3.05, 3.63) is 53.1 Å². The molecule has 6 heteroatoms. The van der Waals surface area contributed by atoms with Crippen LogP contribution in [0, 0.1) is 13.8 Å². The first-order valence-corrected chi connectivity index (χ1v) is 10.00. The highest BCUT2D eigenvalue weighted by atomic mass is 16.5. The maximum absolute atomic E-state index is 12.5. The Hall–Kier alpha value is -3.02. The lowest BCUT2D eigenvalue weighted by molar-refractivity contribution is -0.115. The van der Waals surface area contributed by atoms with E-state index in [1.165, 1.54) is 0 Å². The monoisotopic (exact) mass is 398 g/mol. The number of anilines is 1. The lowest BCUT2D eigenvalue weighted by Crippen LogP contribution is -2.33. The zero-order valence-corrected chi connectivity index (χ0v) is 17.6. The third-order valence-corrected chi connectivity index (χ3v) is 4.42. The smallest absolute Gasteiger partial charge is 0.251 e. The number of unbranched alkanes of at least 4 members (excludes halogenated alkanes) is 1. The number of carbonyl (C=O) groups is 2. The molecule has 2 N–H and O–H groups in total. The van der Waals surface area contributed by atoms with E-state index in [2.05, 4.69) is 17.6 Å². The molecule has 2 amide bonds. The number of hydrogen-bond acceptors (Lipinski definition) is 4. The molecule has 0 saturated carbocycles. The number of amides is 2. The van der Waals surface area contributed by atoms with Crippen LogP contribution in [-0.2, 0) is 4.79 Å². The van der Waals surface area contributed by atoms with Gasteiger partial charge in [0.1, 0.15) is 0 Å². The molecule has 0 bridgehead atoms. The van der Waals surface area contributed by atoms with Crippen molar-refractivity contribution in [3.63, 3.8) is 0 Å². The summed E-state index contributed by atoms with van der Waals surface area (Å²) < 4.78 is 11.3. The van der Waals surface area contributed by atoms with Crippen LogP contribution in [0.3, 0.4) is 0 Å². The van der Waals surface area contributed by atoms with Gasteiger partial charge in [-0.3, -0.25) is 9.59 Å². The summed E-state index contributed by atoms with van der Waals surface area (Å²) in [5.74, 6) is 0.517. The Kier molecular flexibility index (Phi) is 8.52. The molecule has 0 aliphatic rings. The summed E-state index contributed by atoms with van der Waals surface area (Å²) in [7, 11) is 0. The lowest BCUT2D eigenvalue weighted by Gasteiger charge is -2.14. The van der Waals surface area contributed by atoms with Gasteiger partial charge in [-0.25, -0.2) is 0 Å². The number of carbonyl (C=O) groups excluding carboxylic acids is 2. The van der Waals surface area contributed by atoms with Crippen LogP contribution in [0.4, 0.5) is 5.69 Å². The number of ether oxygens (including phenoxy) is 2. The first kappa shape index (κ1) is 22.3. The van der Waals surface area contributed by atoms with Crippen molar-refractivity contribution in [2.45, 2.75) is 40.5 Å². The number of para-hydroxylation sites is 1. The van der Waals surface area contributed by atoms with Crippen molar-refractivity contribution in [3.8, 4) is 11.5 Å². The fourth-order valence-corrected chi connectivity index (χ4v) is 2.82. The predicted octanol–water partition coefficient (Wildman–Crippen LogP) is 4.25. The molecule has 0 saturated heterocycles. The van der Waals surface area contributed by atoms with Gasteiger partial charge < -0.3 is 20.1 Å². The molecule has 0 atom stereocenters. The minimum absolute atomic E-state index is 0.120. The fraction of sp³-hybridized carbons (Fsp3) is 0.391. The van der Waals surface area contributed by atoms with E-state index in [-0.39, 0.29) is 18.4 Å². The van der Waals surface area contributed by atoms with Gasteiger partial charge in [-0.05, 0) is 56.5 Å². The van der Waals surface area contributed by atoms with Gasteiger partial charge in [0.2, 0.25) is 5.91 Å². The minimum atomic E-state index is -0.345. The van der Waals surface area contributed by atoms with Gasteiger partial charge in [0.05, 0.1) is 19.8 Å². The Bertz CT molecular complexity index is 829. The highest BCUT2D eigenvalue weighted by Crippen LogP contribution is 2.28. The van der Waals surface area contributed by atoms with Crippen molar-refractivity contribution in [1.82, 2.24) is 5.32 Å². The van der Waals surface area contributed by atoms with Crippen molar-refractivity contribution >= 4 is 17.5 Å². The zero-order valence-electron chi connectivity index (χ0n) is 17.6. The minimum Gasteiger partial charge on any atom is -0.490 e. The van der Waals surface area contributed by atoms with Crippen LogP contribution in [0.15, 0.2) is 36.4 Å². The maximum Gasteiger partial charge on any atom is 0.251 e. The van der Waals surface area contributed by atoms with Crippen molar-refractivity contribution in [2.24, 2.45) is 0 Å². The second-order valence-electron chi connectivity index (χ2n) is 6.79. The third-order valence-electron chi connectivity index (χ3n) is 4.42. The molecule has 0 aromatic heterocycles. The molecule has 0 aliphatic heterocycles. The number of aryl methyl sites for hydroxylation is 2. The number of benzene rings is 2. The van der Waals surface area contributed by atoms with E-state index in [9.17, 15) is 9.59 Å². The van der Waals surface area contributed by atoms with Crippen molar-refractivity contribution < 1.29 is 19.1 Å². The van der Waals surface area contributed by atoms with Gasteiger partial charge in [0.25, 0.3) is 5.91 Å². The van der Waals surface area contributed by atoms with Crippen molar-refractivity contribution in [2.75, 3.05) is 25.1 Å². The summed E-state index contributed by atoms with van der Waals surface area (Å²) in [6, 6.07) is 10.8. The van der Waals surface area contributed by atoms with Crippen LogP contribution in [0.5, 0.6) is 11.5 Å². The second kappa shape index (κ2) is 11.1. The van der Waals surface area contributed by atoms with Crippen molar-refractivity contribution in [1.29, 1.82) is 0 Å². The van der Waals surface area contributed by atoms with E-state index in [1.54, 1.807) is 18.2 Å². The number of hydrogen-bond donors (Lipinski definition) is 2. The van der Waals surface area contributed by atoms with Gasteiger partial charge in [-0.15, -0.1) is 0 Å². The molecule has 2 rings (SSSR count). The Morgan fingerprint density at radius 2 is 1.69 bits per heavy atom. The molecule has 0 heterocycles. The molecule has 6 nitrogen and oxygen atoms in total. The number of nitrogens with one attached hydrogen (secondary N) is 2. The highest BCUT2D eigenvalue weighted by Gasteiger charge is 2.14. The van der Waals surface area contributed by atoms with Crippen LogP contribution in [0.2, 0.25) is 0 Å². The predicted molar refractivity (Wildman–Crippen MR) is 115 cm³/mol. The molecule has 0 aliphatic carbocycles. The molecule has 0 unspecified atom stereocenters. The summed E-state index contributed by atoms with van der Waals surface area (Å²) in [5.41, 5.74) is 3.14.